The Morgan fingerprint density at radius 3 is 2.37 bits per heavy atom. The van der Waals surface area contributed by atoms with Gasteiger partial charge in [0.25, 0.3) is 0 Å². The molecular weight excluding hydrogens is 360 g/mol. The van der Waals surface area contributed by atoms with E-state index in [2.05, 4.69) is 22.5 Å². The summed E-state index contributed by atoms with van der Waals surface area (Å²) in [5.41, 5.74) is 2.26. The zero-order chi connectivity index (χ0) is 19.6. The van der Waals surface area contributed by atoms with E-state index in [1.807, 2.05) is 30.0 Å². The second-order valence-corrected chi connectivity index (χ2v) is 8.46. The molecule has 0 aromatic heterocycles. The molecule has 1 aromatic rings. The monoisotopic (exact) mass is 384 g/mol. The van der Waals surface area contributed by atoms with Crippen LogP contribution in [-0.2, 0) is 14.3 Å². The molecule has 3 aliphatic rings. The molecule has 2 heterocycles. The van der Waals surface area contributed by atoms with E-state index in [1.54, 1.807) is 28.3 Å². The molecular formula is C22H24O4S. The molecule has 27 heavy (non-hydrogen) atoms. The molecule has 2 bridgehead atoms. The first-order valence-electron chi connectivity index (χ1n) is 9.06. The highest BCUT2D eigenvalue weighted by Crippen LogP contribution is 2.62. The minimum atomic E-state index is -0.500. The topological polar surface area (TPSA) is 52.6 Å². The van der Waals surface area contributed by atoms with Crippen molar-refractivity contribution in [3.63, 3.8) is 0 Å². The van der Waals surface area contributed by atoms with Gasteiger partial charge >= 0.3 is 0 Å². The summed E-state index contributed by atoms with van der Waals surface area (Å²) in [6, 6.07) is 5.62. The molecule has 4 rings (SSSR count). The zero-order valence-corrected chi connectivity index (χ0v) is 16.9. The van der Waals surface area contributed by atoms with Gasteiger partial charge in [-0.2, -0.15) is 11.8 Å². The van der Waals surface area contributed by atoms with Crippen molar-refractivity contribution in [2.45, 2.75) is 36.2 Å². The molecule has 0 radical (unpaired) electrons. The Balaban J connectivity index is 0.000000659. The van der Waals surface area contributed by atoms with Crippen LogP contribution in [0.1, 0.15) is 36.8 Å². The van der Waals surface area contributed by atoms with Crippen LogP contribution >= 0.6 is 11.8 Å². The van der Waals surface area contributed by atoms with Crippen molar-refractivity contribution < 1.29 is 19.1 Å². The first kappa shape index (κ1) is 19.8. The molecule has 5 heteroatoms. The molecule has 1 aliphatic carbocycles. The van der Waals surface area contributed by atoms with E-state index in [0.29, 0.717) is 21.8 Å². The summed E-state index contributed by atoms with van der Waals surface area (Å²) in [5.74, 6) is 8.35. The van der Waals surface area contributed by atoms with Crippen LogP contribution in [-0.4, -0.2) is 43.6 Å². The van der Waals surface area contributed by atoms with E-state index in [1.165, 1.54) is 0 Å². The highest BCUT2D eigenvalue weighted by molar-refractivity contribution is 8.01. The van der Waals surface area contributed by atoms with Gasteiger partial charge in [-0.3, -0.25) is 4.79 Å². The maximum atomic E-state index is 13.1. The SMILES string of the molecule is CC#Cc1ccc(C2C(=O)[C@H]3C4CCC(S4)[C@H]3C2=C=O)c(OC)c1.COC. The van der Waals surface area contributed by atoms with Gasteiger partial charge in [0.15, 0.2) is 0 Å². The number of rotatable bonds is 2. The van der Waals surface area contributed by atoms with Gasteiger partial charge in [-0.1, -0.05) is 12.0 Å². The summed E-state index contributed by atoms with van der Waals surface area (Å²) in [6.07, 6.45) is 2.19. The van der Waals surface area contributed by atoms with Crippen molar-refractivity contribution in [1.82, 2.24) is 0 Å². The molecule has 2 aliphatic heterocycles. The molecule has 4 nitrogen and oxygen atoms in total. The summed E-state index contributed by atoms with van der Waals surface area (Å²) >= 11 is 1.89. The molecule has 2 saturated heterocycles. The quantitative estimate of drug-likeness (QED) is 0.579. The first-order chi connectivity index (χ1) is 13.1. The van der Waals surface area contributed by atoms with Gasteiger partial charge < -0.3 is 9.47 Å². The lowest BCUT2D eigenvalue weighted by Gasteiger charge is -2.20. The number of hydrogen-bond donors (Lipinski definition) is 0. The number of ketones is 1. The Bertz CT molecular complexity index is 844. The minimum absolute atomic E-state index is 0.0185. The molecule has 1 aromatic carbocycles. The molecule has 5 atom stereocenters. The number of fused-ring (bicyclic) bond motifs is 5. The van der Waals surface area contributed by atoms with Crippen LogP contribution < -0.4 is 4.74 Å². The summed E-state index contributed by atoms with van der Waals surface area (Å²) in [4.78, 5) is 24.9. The second kappa shape index (κ2) is 8.35. The number of carbonyl (C=O) groups is 1. The number of Topliss-reactive ketones (excluding diaryl/α,β-unsaturated/α-hetero) is 1. The predicted octanol–water partition coefficient (Wildman–Crippen LogP) is 3.26. The van der Waals surface area contributed by atoms with Crippen LogP contribution in [0.3, 0.4) is 0 Å². The van der Waals surface area contributed by atoms with Crippen LogP contribution in [0.4, 0.5) is 0 Å². The third-order valence-corrected chi connectivity index (χ3v) is 7.25. The lowest BCUT2D eigenvalue weighted by Crippen LogP contribution is -2.27. The van der Waals surface area contributed by atoms with E-state index >= 15 is 0 Å². The smallest absolute Gasteiger partial charge is 0.150 e. The Kier molecular flexibility index (Phi) is 6.11. The first-order valence-corrected chi connectivity index (χ1v) is 10.00. The third-order valence-electron chi connectivity index (χ3n) is 5.49. The number of carbonyl (C=O) groups excluding carboxylic acids is 2. The van der Waals surface area contributed by atoms with Crippen molar-refractivity contribution in [3.05, 3.63) is 34.9 Å². The fraction of sp³-hybridized carbons (Fsp3) is 0.500. The van der Waals surface area contributed by atoms with E-state index in [4.69, 9.17) is 4.74 Å². The largest absolute Gasteiger partial charge is 0.496 e. The highest BCUT2D eigenvalue weighted by Gasteiger charge is 2.61. The summed E-state index contributed by atoms with van der Waals surface area (Å²) < 4.78 is 9.76. The van der Waals surface area contributed by atoms with Crippen LogP contribution in [0.25, 0.3) is 0 Å². The fourth-order valence-electron chi connectivity index (χ4n) is 4.59. The minimum Gasteiger partial charge on any atom is -0.496 e. The average Bonchev–Trinajstić information content (AvgIpc) is 3.35. The second-order valence-electron chi connectivity index (χ2n) is 6.97. The van der Waals surface area contributed by atoms with Gasteiger partial charge in [0, 0.05) is 53.3 Å². The molecule has 0 N–H and O–H groups in total. The van der Waals surface area contributed by atoms with Gasteiger partial charge in [-0.25, -0.2) is 4.79 Å². The number of allylic oxidation sites excluding steroid dienone is 1. The van der Waals surface area contributed by atoms with Gasteiger partial charge in [0.2, 0.25) is 0 Å². The Morgan fingerprint density at radius 2 is 1.78 bits per heavy atom. The Labute approximate surface area is 164 Å². The van der Waals surface area contributed by atoms with Crippen molar-refractivity contribution in [3.8, 4) is 17.6 Å². The van der Waals surface area contributed by atoms with Crippen LogP contribution in [0.15, 0.2) is 23.8 Å². The Hall–Kier alpha value is -1.99. The van der Waals surface area contributed by atoms with Crippen LogP contribution in [0.5, 0.6) is 5.75 Å². The van der Waals surface area contributed by atoms with Gasteiger partial charge in [-0.05, 0) is 31.9 Å². The van der Waals surface area contributed by atoms with Gasteiger partial charge in [-0.15, -0.1) is 5.92 Å². The molecule has 0 spiro atoms. The van der Waals surface area contributed by atoms with Crippen LogP contribution in [0.2, 0.25) is 0 Å². The van der Waals surface area contributed by atoms with Crippen LogP contribution in [0, 0.1) is 23.7 Å². The highest BCUT2D eigenvalue weighted by atomic mass is 32.2. The molecule has 142 valence electrons. The number of ether oxygens (including phenoxy) is 2. The average molecular weight is 384 g/mol. The Morgan fingerprint density at radius 1 is 1.11 bits per heavy atom. The number of benzene rings is 1. The number of methoxy groups -OCH3 is 2. The van der Waals surface area contributed by atoms with Crippen molar-refractivity contribution in [1.29, 1.82) is 0 Å². The van der Waals surface area contributed by atoms with E-state index in [0.717, 1.165) is 24.0 Å². The van der Waals surface area contributed by atoms with E-state index in [-0.39, 0.29) is 17.6 Å². The number of thioether (sulfide) groups is 1. The normalized spacial score (nSPS) is 30.0. The maximum Gasteiger partial charge on any atom is 0.150 e. The lowest BCUT2D eigenvalue weighted by atomic mass is 9.80. The summed E-state index contributed by atoms with van der Waals surface area (Å²) in [6.45, 7) is 1.78. The summed E-state index contributed by atoms with van der Waals surface area (Å²) in [5, 5.41) is 0.777. The molecule has 3 fully saturated rings. The number of hydrogen-bond acceptors (Lipinski definition) is 5. The van der Waals surface area contributed by atoms with Crippen molar-refractivity contribution in [2.24, 2.45) is 11.8 Å². The zero-order valence-electron chi connectivity index (χ0n) is 16.1. The predicted molar refractivity (Wildman–Crippen MR) is 107 cm³/mol. The van der Waals surface area contributed by atoms with Gasteiger partial charge in [0.1, 0.15) is 17.5 Å². The van der Waals surface area contributed by atoms with Crippen molar-refractivity contribution >= 4 is 23.5 Å². The molecule has 0 amide bonds. The van der Waals surface area contributed by atoms with Crippen molar-refractivity contribution in [2.75, 3.05) is 21.3 Å². The summed E-state index contributed by atoms with van der Waals surface area (Å²) in [7, 11) is 4.84. The molecule has 1 saturated carbocycles. The fourth-order valence-corrected chi connectivity index (χ4v) is 6.54. The third kappa shape index (κ3) is 3.34. The maximum absolute atomic E-state index is 13.1. The van der Waals surface area contributed by atoms with Gasteiger partial charge in [0.05, 0.1) is 13.0 Å². The molecule has 3 unspecified atom stereocenters. The van der Waals surface area contributed by atoms with E-state index in [9.17, 15) is 9.59 Å². The lowest BCUT2D eigenvalue weighted by molar-refractivity contribution is -0.122. The standard InChI is InChI=1S/C20H18O3S.C2H6O/c1-3-4-11-5-6-12(14(9-11)23-2)17-13(10-21)18-15-7-8-16(24-15)19(18)20(17)22;1-3-2/h5-6,9,15-19H,7-8H2,1-2H3;1-2H3/t15?,16?,17?,18-,19+;/m1./s1. The van der Waals surface area contributed by atoms with E-state index < -0.39 is 5.92 Å².